The summed E-state index contributed by atoms with van der Waals surface area (Å²) < 4.78 is 0. The van der Waals surface area contributed by atoms with Gasteiger partial charge >= 0.3 is 0 Å². The summed E-state index contributed by atoms with van der Waals surface area (Å²) in [4.78, 5) is 0. The summed E-state index contributed by atoms with van der Waals surface area (Å²) >= 11 is 0. The molecule has 1 aromatic carbocycles. The molecule has 1 nitrogen and oxygen atoms in total. The predicted molar refractivity (Wildman–Crippen MR) is 65.2 cm³/mol. The summed E-state index contributed by atoms with van der Waals surface area (Å²) in [5, 5.41) is 3.53. The van der Waals surface area contributed by atoms with Gasteiger partial charge in [-0.25, -0.2) is 0 Å². The zero-order chi connectivity index (χ0) is 10.7. The SMILES string of the molecule is CCCC1CNCC1c1cccc(C)c1. The second kappa shape index (κ2) is 4.80. The lowest BCUT2D eigenvalue weighted by Gasteiger charge is -2.18. The lowest BCUT2D eigenvalue weighted by Crippen LogP contribution is -2.10. The van der Waals surface area contributed by atoms with Gasteiger partial charge in [0, 0.05) is 12.5 Å². The summed E-state index contributed by atoms with van der Waals surface area (Å²) in [6, 6.07) is 9.00. The van der Waals surface area contributed by atoms with Gasteiger partial charge < -0.3 is 5.32 Å². The van der Waals surface area contributed by atoms with E-state index in [1.807, 2.05) is 0 Å². The fourth-order valence-corrected chi connectivity index (χ4v) is 2.70. The molecule has 1 aromatic rings. The second-order valence-corrected chi connectivity index (χ2v) is 4.73. The highest BCUT2D eigenvalue weighted by atomic mass is 14.9. The molecule has 0 amide bonds. The minimum Gasteiger partial charge on any atom is -0.316 e. The van der Waals surface area contributed by atoms with Crippen LogP contribution in [-0.2, 0) is 0 Å². The van der Waals surface area contributed by atoms with Gasteiger partial charge in [0.1, 0.15) is 0 Å². The van der Waals surface area contributed by atoms with Crippen LogP contribution in [0.1, 0.15) is 36.8 Å². The molecule has 1 heterocycles. The van der Waals surface area contributed by atoms with Crippen molar-refractivity contribution < 1.29 is 0 Å². The molecule has 2 rings (SSSR count). The average Bonchev–Trinajstić information content (AvgIpc) is 2.66. The lowest BCUT2D eigenvalue weighted by molar-refractivity contribution is 0.473. The molecular weight excluding hydrogens is 182 g/mol. The molecule has 0 saturated carbocycles. The Kier molecular flexibility index (Phi) is 3.42. The van der Waals surface area contributed by atoms with Gasteiger partial charge in [-0.1, -0.05) is 43.2 Å². The van der Waals surface area contributed by atoms with Crippen molar-refractivity contribution in [2.24, 2.45) is 5.92 Å². The molecule has 0 spiro atoms. The Morgan fingerprint density at radius 2 is 2.20 bits per heavy atom. The Hall–Kier alpha value is -0.820. The molecule has 15 heavy (non-hydrogen) atoms. The Balaban J connectivity index is 2.15. The van der Waals surface area contributed by atoms with E-state index in [4.69, 9.17) is 0 Å². The van der Waals surface area contributed by atoms with Crippen molar-refractivity contribution in [2.75, 3.05) is 13.1 Å². The van der Waals surface area contributed by atoms with Crippen molar-refractivity contribution in [1.29, 1.82) is 0 Å². The Bertz CT molecular complexity index is 319. The maximum Gasteiger partial charge on any atom is 0.00234 e. The molecule has 0 aromatic heterocycles. The molecule has 1 aliphatic heterocycles. The minimum absolute atomic E-state index is 0.741. The molecule has 1 N–H and O–H groups in total. The molecule has 2 unspecified atom stereocenters. The zero-order valence-corrected chi connectivity index (χ0v) is 9.79. The molecule has 1 heteroatoms. The van der Waals surface area contributed by atoms with Gasteiger partial charge in [0.15, 0.2) is 0 Å². The van der Waals surface area contributed by atoms with Crippen LogP contribution >= 0.6 is 0 Å². The number of aryl methyl sites for hydroxylation is 1. The number of hydrogen-bond acceptors (Lipinski definition) is 1. The van der Waals surface area contributed by atoms with Crippen LogP contribution in [0.5, 0.6) is 0 Å². The summed E-state index contributed by atoms with van der Waals surface area (Å²) in [5.74, 6) is 1.58. The Morgan fingerprint density at radius 3 is 2.93 bits per heavy atom. The molecule has 1 fully saturated rings. The standard InChI is InChI=1S/C14H21N/c1-3-5-13-9-15-10-14(13)12-7-4-6-11(2)8-12/h4,6-8,13-15H,3,5,9-10H2,1-2H3. The van der Waals surface area contributed by atoms with Gasteiger partial charge in [0.2, 0.25) is 0 Å². The van der Waals surface area contributed by atoms with E-state index < -0.39 is 0 Å². The summed E-state index contributed by atoms with van der Waals surface area (Å²) in [6.07, 6.45) is 2.65. The maximum atomic E-state index is 3.53. The first-order valence-electron chi connectivity index (χ1n) is 6.08. The first-order valence-corrected chi connectivity index (χ1v) is 6.08. The highest BCUT2D eigenvalue weighted by Crippen LogP contribution is 2.31. The summed E-state index contributed by atoms with van der Waals surface area (Å²) in [6.45, 7) is 6.83. The number of rotatable bonds is 3. The van der Waals surface area contributed by atoms with Crippen molar-refractivity contribution in [3.63, 3.8) is 0 Å². The van der Waals surface area contributed by atoms with Crippen LogP contribution < -0.4 is 5.32 Å². The molecule has 0 bridgehead atoms. The van der Waals surface area contributed by atoms with E-state index in [1.165, 1.54) is 30.5 Å². The molecule has 0 radical (unpaired) electrons. The lowest BCUT2D eigenvalue weighted by atomic mass is 9.86. The molecule has 1 aliphatic rings. The van der Waals surface area contributed by atoms with Gasteiger partial charge in [-0.05, 0) is 31.4 Å². The van der Waals surface area contributed by atoms with E-state index in [0.717, 1.165) is 18.4 Å². The van der Waals surface area contributed by atoms with E-state index >= 15 is 0 Å². The first-order chi connectivity index (χ1) is 7.31. The van der Waals surface area contributed by atoms with E-state index in [1.54, 1.807) is 0 Å². The van der Waals surface area contributed by atoms with E-state index in [9.17, 15) is 0 Å². The van der Waals surface area contributed by atoms with E-state index in [2.05, 4.69) is 43.4 Å². The third-order valence-corrected chi connectivity index (χ3v) is 3.47. The maximum absolute atomic E-state index is 3.53. The number of hydrogen-bond donors (Lipinski definition) is 1. The first kappa shape index (κ1) is 10.7. The third-order valence-electron chi connectivity index (χ3n) is 3.47. The quantitative estimate of drug-likeness (QED) is 0.796. The van der Waals surface area contributed by atoms with Crippen LogP contribution in [0.15, 0.2) is 24.3 Å². The predicted octanol–water partition coefficient (Wildman–Crippen LogP) is 3.10. The van der Waals surface area contributed by atoms with Crippen molar-refractivity contribution in [3.05, 3.63) is 35.4 Å². The molecule has 1 saturated heterocycles. The highest BCUT2D eigenvalue weighted by Gasteiger charge is 2.27. The van der Waals surface area contributed by atoms with E-state index in [-0.39, 0.29) is 0 Å². The second-order valence-electron chi connectivity index (χ2n) is 4.73. The van der Waals surface area contributed by atoms with Gasteiger partial charge in [-0.15, -0.1) is 0 Å². The molecule has 82 valence electrons. The van der Waals surface area contributed by atoms with E-state index in [0.29, 0.717) is 0 Å². The van der Waals surface area contributed by atoms with Crippen LogP contribution in [0.2, 0.25) is 0 Å². The third kappa shape index (κ3) is 2.40. The number of benzene rings is 1. The highest BCUT2D eigenvalue weighted by molar-refractivity contribution is 5.27. The van der Waals surface area contributed by atoms with Crippen molar-refractivity contribution >= 4 is 0 Å². The van der Waals surface area contributed by atoms with Crippen molar-refractivity contribution in [2.45, 2.75) is 32.6 Å². The smallest absolute Gasteiger partial charge is 0.00234 e. The normalized spacial score (nSPS) is 25.7. The topological polar surface area (TPSA) is 12.0 Å². The van der Waals surface area contributed by atoms with Crippen LogP contribution in [-0.4, -0.2) is 13.1 Å². The molecule has 2 atom stereocenters. The minimum atomic E-state index is 0.741. The van der Waals surface area contributed by atoms with Gasteiger partial charge in [0.25, 0.3) is 0 Å². The number of nitrogens with one attached hydrogen (secondary N) is 1. The fraction of sp³-hybridized carbons (Fsp3) is 0.571. The largest absolute Gasteiger partial charge is 0.316 e. The monoisotopic (exact) mass is 203 g/mol. The van der Waals surface area contributed by atoms with Gasteiger partial charge in [-0.2, -0.15) is 0 Å². The Labute approximate surface area is 92.9 Å². The summed E-state index contributed by atoms with van der Waals surface area (Å²) in [7, 11) is 0. The van der Waals surface area contributed by atoms with Gasteiger partial charge in [0.05, 0.1) is 0 Å². The fourth-order valence-electron chi connectivity index (χ4n) is 2.70. The van der Waals surface area contributed by atoms with Crippen LogP contribution in [0.3, 0.4) is 0 Å². The van der Waals surface area contributed by atoms with Gasteiger partial charge in [-0.3, -0.25) is 0 Å². The zero-order valence-electron chi connectivity index (χ0n) is 9.79. The molecular formula is C14H21N. The molecule has 0 aliphatic carbocycles. The Morgan fingerprint density at radius 1 is 1.33 bits per heavy atom. The van der Waals surface area contributed by atoms with Crippen LogP contribution in [0.4, 0.5) is 0 Å². The summed E-state index contributed by atoms with van der Waals surface area (Å²) in [5.41, 5.74) is 2.91. The van der Waals surface area contributed by atoms with Crippen molar-refractivity contribution in [1.82, 2.24) is 5.32 Å². The van der Waals surface area contributed by atoms with Crippen molar-refractivity contribution in [3.8, 4) is 0 Å². The van der Waals surface area contributed by atoms with Crippen LogP contribution in [0.25, 0.3) is 0 Å². The average molecular weight is 203 g/mol. The van der Waals surface area contributed by atoms with Crippen LogP contribution in [0, 0.1) is 12.8 Å².